The van der Waals surface area contributed by atoms with Crippen LogP contribution in [0.25, 0.3) is 10.8 Å². The topological polar surface area (TPSA) is 58.2 Å². The number of ether oxygens (including phenoxy) is 1. The van der Waals surface area contributed by atoms with Gasteiger partial charge in [0.05, 0.1) is 5.02 Å². The summed E-state index contributed by atoms with van der Waals surface area (Å²) in [4.78, 5) is 21.0. The number of aromatic nitrogens is 2. The second kappa shape index (κ2) is 7.48. The van der Waals surface area contributed by atoms with Crippen LogP contribution in [0.2, 0.25) is 5.02 Å². The zero-order chi connectivity index (χ0) is 17.9. The molecule has 2 aromatic heterocycles. The average Bonchev–Trinajstić information content (AvgIpc) is 2.66. The van der Waals surface area contributed by atoms with Gasteiger partial charge >= 0.3 is 0 Å². The van der Waals surface area contributed by atoms with Crippen molar-refractivity contribution in [2.45, 2.75) is 25.5 Å². The summed E-state index contributed by atoms with van der Waals surface area (Å²) in [6, 6.07) is 9.51. The summed E-state index contributed by atoms with van der Waals surface area (Å²) in [6.45, 7) is 2.91. The molecule has 0 saturated carbocycles. The lowest BCUT2D eigenvalue weighted by molar-refractivity contribution is 0.0970. The predicted octanol–water partition coefficient (Wildman–Crippen LogP) is 3.62. The molecule has 0 amide bonds. The highest BCUT2D eigenvalue weighted by Gasteiger charge is 2.21. The Morgan fingerprint density at radius 1 is 1.19 bits per heavy atom. The first-order valence-electron chi connectivity index (χ1n) is 8.78. The standard InChI is InChI=1S/C20H20ClN3O2/c21-18-12-17-15(3-8-23-20(17)25)11-19(18)26-16-4-9-24(10-5-16)13-14-1-6-22-7-2-14/h1-3,6-8,11-12,16H,4-5,9-10,13H2,(H,23,25). The molecule has 0 spiro atoms. The van der Waals surface area contributed by atoms with Gasteiger partial charge in [-0.15, -0.1) is 0 Å². The molecule has 1 N–H and O–H groups in total. The maximum Gasteiger partial charge on any atom is 0.255 e. The molecule has 0 atom stereocenters. The summed E-state index contributed by atoms with van der Waals surface area (Å²) in [5.41, 5.74) is 1.14. The zero-order valence-corrected chi connectivity index (χ0v) is 15.1. The summed E-state index contributed by atoms with van der Waals surface area (Å²) in [5, 5.41) is 1.90. The summed E-state index contributed by atoms with van der Waals surface area (Å²) in [5.74, 6) is 0.650. The number of H-pyrrole nitrogens is 1. The third kappa shape index (κ3) is 3.74. The van der Waals surface area contributed by atoms with Crippen molar-refractivity contribution in [2.24, 2.45) is 0 Å². The van der Waals surface area contributed by atoms with Crippen LogP contribution in [0, 0.1) is 0 Å². The molecule has 3 aromatic rings. The van der Waals surface area contributed by atoms with Crippen LogP contribution in [-0.2, 0) is 6.54 Å². The molecular weight excluding hydrogens is 350 g/mol. The van der Waals surface area contributed by atoms with E-state index in [1.165, 1.54) is 5.56 Å². The number of halogens is 1. The van der Waals surface area contributed by atoms with Gasteiger partial charge < -0.3 is 9.72 Å². The fraction of sp³-hybridized carbons (Fsp3) is 0.300. The Morgan fingerprint density at radius 2 is 1.96 bits per heavy atom. The van der Waals surface area contributed by atoms with Crippen molar-refractivity contribution in [1.82, 2.24) is 14.9 Å². The SMILES string of the molecule is O=c1[nH]ccc2cc(OC3CCN(Cc4ccncc4)CC3)c(Cl)cc12. The van der Waals surface area contributed by atoms with Gasteiger partial charge in [-0.2, -0.15) is 0 Å². The maximum atomic E-state index is 11.9. The first-order chi connectivity index (χ1) is 12.7. The van der Waals surface area contributed by atoms with Crippen LogP contribution in [0.1, 0.15) is 18.4 Å². The number of pyridine rings is 2. The van der Waals surface area contributed by atoms with E-state index in [9.17, 15) is 4.79 Å². The van der Waals surface area contributed by atoms with Crippen molar-refractivity contribution < 1.29 is 4.74 Å². The van der Waals surface area contributed by atoms with Gasteiger partial charge in [0.1, 0.15) is 11.9 Å². The van der Waals surface area contributed by atoms with Crippen LogP contribution in [0.4, 0.5) is 0 Å². The lowest BCUT2D eigenvalue weighted by atomic mass is 10.1. The molecule has 1 aliphatic heterocycles. The molecule has 0 unspecified atom stereocenters. The molecule has 4 rings (SSSR count). The second-order valence-corrected chi connectivity index (χ2v) is 7.03. The van der Waals surface area contributed by atoms with Gasteiger partial charge in [0, 0.05) is 43.6 Å². The van der Waals surface area contributed by atoms with E-state index in [1.54, 1.807) is 12.3 Å². The molecule has 134 valence electrons. The lowest BCUT2D eigenvalue weighted by Gasteiger charge is -2.32. The number of hydrogen-bond acceptors (Lipinski definition) is 4. The minimum absolute atomic E-state index is 0.139. The molecule has 0 aliphatic carbocycles. The number of benzene rings is 1. The van der Waals surface area contributed by atoms with Crippen LogP contribution in [-0.4, -0.2) is 34.1 Å². The highest BCUT2D eigenvalue weighted by Crippen LogP contribution is 2.31. The number of likely N-dealkylation sites (tertiary alicyclic amines) is 1. The largest absolute Gasteiger partial charge is 0.489 e. The smallest absolute Gasteiger partial charge is 0.255 e. The first kappa shape index (κ1) is 17.1. The molecule has 1 aliphatic rings. The molecule has 26 heavy (non-hydrogen) atoms. The van der Waals surface area contributed by atoms with Crippen molar-refractivity contribution in [1.29, 1.82) is 0 Å². The van der Waals surface area contributed by atoms with E-state index < -0.39 is 0 Å². The second-order valence-electron chi connectivity index (χ2n) is 6.63. The summed E-state index contributed by atoms with van der Waals surface area (Å²) < 4.78 is 6.15. The highest BCUT2D eigenvalue weighted by atomic mass is 35.5. The van der Waals surface area contributed by atoms with E-state index >= 15 is 0 Å². The number of hydrogen-bond donors (Lipinski definition) is 1. The Morgan fingerprint density at radius 3 is 2.73 bits per heavy atom. The summed E-state index contributed by atoms with van der Waals surface area (Å²) in [7, 11) is 0. The van der Waals surface area contributed by atoms with Crippen LogP contribution in [0.15, 0.2) is 53.7 Å². The van der Waals surface area contributed by atoms with E-state index in [0.717, 1.165) is 37.9 Å². The molecular formula is C20H20ClN3O2. The Hall–Kier alpha value is -2.37. The lowest BCUT2D eigenvalue weighted by Crippen LogP contribution is -2.37. The van der Waals surface area contributed by atoms with Gasteiger partial charge in [0.15, 0.2) is 0 Å². The molecule has 3 heterocycles. The third-order valence-corrected chi connectivity index (χ3v) is 5.11. The Kier molecular flexibility index (Phi) is 4.91. The van der Waals surface area contributed by atoms with Crippen LogP contribution >= 0.6 is 11.6 Å². The fourth-order valence-corrected chi connectivity index (χ4v) is 3.60. The van der Waals surface area contributed by atoms with Gasteiger partial charge in [-0.3, -0.25) is 14.7 Å². The number of aromatic amines is 1. The Labute approximate surface area is 156 Å². The van der Waals surface area contributed by atoms with Gasteiger partial charge in [-0.25, -0.2) is 0 Å². The highest BCUT2D eigenvalue weighted by molar-refractivity contribution is 6.32. The Bertz CT molecular complexity index is 950. The fourth-order valence-electron chi connectivity index (χ4n) is 3.39. The van der Waals surface area contributed by atoms with E-state index in [0.29, 0.717) is 16.2 Å². The number of rotatable bonds is 4. The van der Waals surface area contributed by atoms with Crippen LogP contribution in [0.5, 0.6) is 5.75 Å². The molecule has 1 fully saturated rings. The van der Waals surface area contributed by atoms with Crippen molar-refractivity contribution in [3.8, 4) is 5.75 Å². The van der Waals surface area contributed by atoms with Crippen molar-refractivity contribution >= 4 is 22.4 Å². The van der Waals surface area contributed by atoms with Crippen molar-refractivity contribution in [3.05, 3.63) is 69.9 Å². The monoisotopic (exact) mass is 369 g/mol. The summed E-state index contributed by atoms with van der Waals surface area (Å²) >= 11 is 6.34. The molecule has 1 saturated heterocycles. The quantitative estimate of drug-likeness (QED) is 0.763. The van der Waals surface area contributed by atoms with E-state index in [4.69, 9.17) is 16.3 Å². The molecule has 0 radical (unpaired) electrons. The molecule has 0 bridgehead atoms. The number of nitrogens with one attached hydrogen (secondary N) is 1. The van der Waals surface area contributed by atoms with E-state index in [1.807, 2.05) is 24.5 Å². The molecule has 1 aromatic carbocycles. The van der Waals surface area contributed by atoms with Gasteiger partial charge in [-0.05, 0) is 54.1 Å². The number of nitrogens with zero attached hydrogens (tertiary/aromatic N) is 2. The van der Waals surface area contributed by atoms with Crippen molar-refractivity contribution in [2.75, 3.05) is 13.1 Å². The molecule has 6 heteroatoms. The predicted molar refractivity (Wildman–Crippen MR) is 103 cm³/mol. The zero-order valence-electron chi connectivity index (χ0n) is 14.3. The Balaban J connectivity index is 1.41. The van der Waals surface area contributed by atoms with Crippen LogP contribution in [0.3, 0.4) is 0 Å². The summed E-state index contributed by atoms with van der Waals surface area (Å²) in [6.07, 6.45) is 7.35. The number of fused-ring (bicyclic) bond motifs is 1. The van der Waals surface area contributed by atoms with Gasteiger partial charge in [0.2, 0.25) is 0 Å². The van der Waals surface area contributed by atoms with Crippen LogP contribution < -0.4 is 10.3 Å². The van der Waals surface area contributed by atoms with E-state index in [-0.39, 0.29) is 11.7 Å². The number of piperidine rings is 1. The first-order valence-corrected chi connectivity index (χ1v) is 9.16. The normalized spacial score (nSPS) is 16.0. The maximum absolute atomic E-state index is 11.9. The minimum Gasteiger partial charge on any atom is -0.489 e. The minimum atomic E-state index is -0.139. The van der Waals surface area contributed by atoms with Gasteiger partial charge in [0.25, 0.3) is 5.56 Å². The average molecular weight is 370 g/mol. The van der Waals surface area contributed by atoms with E-state index in [2.05, 4.69) is 27.0 Å². The molecule has 5 nitrogen and oxygen atoms in total. The van der Waals surface area contributed by atoms with Gasteiger partial charge in [-0.1, -0.05) is 11.6 Å². The third-order valence-electron chi connectivity index (χ3n) is 4.81. The van der Waals surface area contributed by atoms with Crippen molar-refractivity contribution in [3.63, 3.8) is 0 Å².